The molecule has 1 fully saturated rings. The van der Waals surface area contributed by atoms with E-state index in [1.807, 2.05) is 0 Å². The molecular weight excluding hydrogens is 434 g/mol. The van der Waals surface area contributed by atoms with Crippen molar-refractivity contribution < 1.29 is 9.13 Å². The summed E-state index contributed by atoms with van der Waals surface area (Å²) in [6.45, 7) is 5.54. The Labute approximate surface area is 186 Å². The van der Waals surface area contributed by atoms with E-state index in [9.17, 15) is 4.39 Å². The van der Waals surface area contributed by atoms with E-state index in [4.69, 9.17) is 4.74 Å². The standard InChI is InChI=1S/C20H25FN4OS.2ClH/c1-13-10-15-19(25-8-7-22-14(12-25)4-3-9-26-2)18-16(11-24-20(15)27-13)17(21)5-6-23-18;;/h5-6,10-11,14,22,24H,3-4,7-9,12H2,1-2H3;2*1H. The summed E-state index contributed by atoms with van der Waals surface area (Å²) in [4.78, 5) is 8.17. The van der Waals surface area contributed by atoms with Crippen molar-refractivity contribution in [2.24, 2.45) is 0 Å². The molecule has 0 aliphatic carbocycles. The van der Waals surface area contributed by atoms with Crippen molar-refractivity contribution in [1.82, 2.24) is 15.2 Å². The summed E-state index contributed by atoms with van der Waals surface area (Å²) in [6, 6.07) is 3.99. The van der Waals surface area contributed by atoms with Gasteiger partial charge >= 0.3 is 0 Å². The molecule has 1 saturated heterocycles. The number of nitrogens with one attached hydrogen (secondary N) is 2. The smallest absolute Gasteiger partial charge is 0.135 e. The zero-order valence-electron chi connectivity index (χ0n) is 16.5. The van der Waals surface area contributed by atoms with Crippen LogP contribution < -0.4 is 21.2 Å². The van der Waals surface area contributed by atoms with Crippen molar-refractivity contribution in [3.05, 3.63) is 45.2 Å². The van der Waals surface area contributed by atoms with E-state index >= 15 is 0 Å². The largest absolute Gasteiger partial charge is 0.385 e. The molecule has 2 aromatic rings. The molecule has 1 unspecified atom stereocenters. The van der Waals surface area contributed by atoms with Gasteiger partial charge in [0.2, 0.25) is 0 Å². The Balaban J connectivity index is 0.00000150. The molecule has 0 saturated carbocycles. The van der Waals surface area contributed by atoms with Crippen LogP contribution in [-0.4, -0.2) is 49.3 Å². The van der Waals surface area contributed by atoms with E-state index in [2.05, 4.69) is 33.5 Å². The molecule has 0 radical (unpaired) electrons. The van der Waals surface area contributed by atoms with Gasteiger partial charge in [0, 0.05) is 62.2 Å². The lowest BCUT2D eigenvalue weighted by Crippen LogP contribution is -2.52. The predicted octanol–water partition coefficient (Wildman–Crippen LogP) is 2.45. The van der Waals surface area contributed by atoms with Gasteiger partial charge in [-0.1, -0.05) is 0 Å². The van der Waals surface area contributed by atoms with E-state index in [-0.39, 0.29) is 30.6 Å². The lowest BCUT2D eigenvalue weighted by Gasteiger charge is -2.36. The number of ether oxygens (including phenoxy) is 1. The summed E-state index contributed by atoms with van der Waals surface area (Å²) in [7, 11) is 1.74. The topological polar surface area (TPSA) is 49.4 Å². The molecule has 0 bridgehead atoms. The summed E-state index contributed by atoms with van der Waals surface area (Å²) in [5.41, 5.74) is 2.14. The van der Waals surface area contributed by atoms with E-state index < -0.39 is 0 Å². The molecule has 2 N–H and O–H groups in total. The van der Waals surface area contributed by atoms with Gasteiger partial charge in [0.1, 0.15) is 10.8 Å². The molecule has 9 heteroatoms. The third-order valence-electron chi connectivity index (χ3n) is 5.09. The highest BCUT2D eigenvalue weighted by Crippen LogP contribution is 2.34. The van der Waals surface area contributed by atoms with Gasteiger partial charge in [-0.15, -0.1) is 36.2 Å². The van der Waals surface area contributed by atoms with Crippen LogP contribution in [0.5, 0.6) is 0 Å². The van der Waals surface area contributed by atoms with Crippen molar-refractivity contribution in [3.63, 3.8) is 0 Å². The van der Waals surface area contributed by atoms with E-state index in [0.29, 0.717) is 11.3 Å². The summed E-state index contributed by atoms with van der Waals surface area (Å²) in [5.74, 6) is -0.247. The first-order chi connectivity index (χ1) is 13.2. The summed E-state index contributed by atoms with van der Waals surface area (Å²) in [6.07, 6.45) is 5.39. The maximum atomic E-state index is 14.5. The Kier molecular flexibility index (Phi) is 8.73. The number of hydrogen-bond acceptors (Lipinski definition) is 6. The van der Waals surface area contributed by atoms with Crippen LogP contribution in [-0.2, 0) is 4.74 Å². The van der Waals surface area contributed by atoms with Crippen LogP contribution in [0.1, 0.15) is 23.3 Å². The molecule has 5 nitrogen and oxygen atoms in total. The fourth-order valence-corrected chi connectivity index (χ4v) is 4.74. The van der Waals surface area contributed by atoms with Crippen molar-refractivity contribution in [3.8, 4) is 0 Å². The van der Waals surface area contributed by atoms with Crippen LogP contribution in [0.25, 0.3) is 11.9 Å². The Bertz CT molecular complexity index is 952. The number of thiophene rings is 1. The quantitative estimate of drug-likeness (QED) is 0.671. The van der Waals surface area contributed by atoms with Crippen LogP contribution in [0.4, 0.5) is 9.39 Å². The number of nitrogens with zero attached hydrogens (tertiary/aromatic N) is 2. The van der Waals surface area contributed by atoms with Crippen LogP contribution in [0, 0.1) is 12.7 Å². The number of methoxy groups -OCH3 is 1. The Morgan fingerprint density at radius 2 is 2.21 bits per heavy atom. The number of fused-ring (bicyclic) bond motifs is 2. The van der Waals surface area contributed by atoms with Gasteiger partial charge < -0.3 is 20.3 Å². The molecule has 0 aromatic carbocycles. The predicted molar refractivity (Wildman–Crippen MR) is 122 cm³/mol. The molecule has 4 rings (SSSR count). The second-order valence-corrected chi connectivity index (χ2v) is 8.28. The summed E-state index contributed by atoms with van der Waals surface area (Å²) >= 11 is 1.69. The molecule has 2 aliphatic heterocycles. The molecule has 29 heavy (non-hydrogen) atoms. The SMILES string of the molecule is COCCCC1CN(C2=c3nccc(F)c3=CNc3sc(C)cc32)CCN1.Cl.Cl. The number of aryl methyl sites for hydroxylation is 1. The van der Waals surface area contributed by atoms with E-state index in [0.717, 1.165) is 60.7 Å². The van der Waals surface area contributed by atoms with Crippen LogP contribution >= 0.6 is 36.2 Å². The van der Waals surface area contributed by atoms with Crippen LogP contribution in [0.15, 0.2) is 18.3 Å². The number of anilines is 1. The Hall–Kier alpha value is -1.38. The first-order valence-electron chi connectivity index (χ1n) is 9.37. The molecule has 2 aromatic heterocycles. The number of halogens is 3. The summed E-state index contributed by atoms with van der Waals surface area (Å²) < 4.78 is 19.7. The second kappa shape index (κ2) is 10.6. The Morgan fingerprint density at radius 3 is 3.00 bits per heavy atom. The van der Waals surface area contributed by atoms with E-state index in [1.54, 1.807) is 30.8 Å². The molecule has 2 aliphatic rings. The average molecular weight is 461 g/mol. The van der Waals surface area contributed by atoms with Crippen LogP contribution in [0.2, 0.25) is 0 Å². The summed E-state index contributed by atoms with van der Waals surface area (Å²) in [5, 5.41) is 9.20. The molecule has 0 spiro atoms. The highest BCUT2D eigenvalue weighted by atomic mass is 35.5. The van der Waals surface area contributed by atoms with Gasteiger partial charge in [0.25, 0.3) is 0 Å². The van der Waals surface area contributed by atoms with Crippen molar-refractivity contribution in [1.29, 1.82) is 0 Å². The van der Waals surface area contributed by atoms with Gasteiger partial charge in [-0.2, -0.15) is 0 Å². The fraction of sp³-hybridized carbons (Fsp3) is 0.450. The lowest BCUT2D eigenvalue weighted by molar-refractivity contribution is 0.181. The van der Waals surface area contributed by atoms with Crippen LogP contribution in [0.3, 0.4) is 0 Å². The number of aromatic nitrogens is 1. The molecule has 160 valence electrons. The molecule has 4 heterocycles. The van der Waals surface area contributed by atoms with Gasteiger partial charge in [-0.25, -0.2) is 4.39 Å². The van der Waals surface area contributed by atoms with Crippen molar-refractivity contribution in [2.45, 2.75) is 25.8 Å². The number of hydrogen-bond donors (Lipinski definition) is 2. The average Bonchev–Trinajstić information content (AvgIpc) is 2.95. The molecule has 0 amide bonds. The maximum Gasteiger partial charge on any atom is 0.135 e. The third kappa shape index (κ3) is 5.03. The molecular formula is C20H27Cl2FN4OS. The highest BCUT2D eigenvalue weighted by Gasteiger charge is 2.26. The molecule has 1 atom stereocenters. The minimum absolute atomic E-state index is 0. The zero-order chi connectivity index (χ0) is 18.8. The van der Waals surface area contributed by atoms with Gasteiger partial charge in [0.15, 0.2) is 0 Å². The second-order valence-electron chi connectivity index (χ2n) is 7.02. The van der Waals surface area contributed by atoms with Crippen molar-refractivity contribution in [2.75, 3.05) is 38.7 Å². The van der Waals surface area contributed by atoms with Gasteiger partial charge in [-0.3, -0.25) is 4.98 Å². The lowest BCUT2D eigenvalue weighted by atomic mass is 10.1. The van der Waals surface area contributed by atoms with Crippen molar-refractivity contribution >= 4 is 53.0 Å². The fourth-order valence-electron chi connectivity index (χ4n) is 3.85. The number of rotatable bonds is 5. The number of piperazine rings is 1. The monoisotopic (exact) mass is 460 g/mol. The minimum atomic E-state index is -0.247. The Morgan fingerprint density at radius 1 is 1.38 bits per heavy atom. The van der Waals surface area contributed by atoms with Gasteiger partial charge in [-0.05, 0) is 31.9 Å². The third-order valence-corrected chi connectivity index (χ3v) is 6.07. The van der Waals surface area contributed by atoms with E-state index in [1.165, 1.54) is 10.9 Å². The minimum Gasteiger partial charge on any atom is -0.385 e. The highest BCUT2D eigenvalue weighted by molar-refractivity contribution is 7.16. The zero-order valence-corrected chi connectivity index (χ0v) is 19.0. The first kappa shape index (κ1) is 23.9. The van der Waals surface area contributed by atoms with Gasteiger partial charge in [0.05, 0.1) is 16.3 Å². The number of pyridine rings is 1. The maximum absolute atomic E-state index is 14.5. The first-order valence-corrected chi connectivity index (χ1v) is 10.2. The normalized spacial score (nSPS) is 17.7.